The van der Waals surface area contributed by atoms with Crippen molar-refractivity contribution in [2.24, 2.45) is 0 Å². The first-order chi connectivity index (χ1) is 10.5. The van der Waals surface area contributed by atoms with Crippen molar-refractivity contribution in [2.75, 3.05) is 13.7 Å². The van der Waals surface area contributed by atoms with Crippen LogP contribution in [-0.2, 0) is 4.74 Å². The van der Waals surface area contributed by atoms with Crippen molar-refractivity contribution in [3.05, 3.63) is 35.4 Å². The summed E-state index contributed by atoms with van der Waals surface area (Å²) < 4.78 is 32.9. The van der Waals surface area contributed by atoms with E-state index in [1.54, 1.807) is 7.11 Å². The summed E-state index contributed by atoms with van der Waals surface area (Å²) in [5, 5.41) is 9.91. The molecule has 22 heavy (non-hydrogen) atoms. The Balaban J connectivity index is 1.91. The summed E-state index contributed by atoms with van der Waals surface area (Å²) in [5.41, 5.74) is -0.759. The van der Waals surface area contributed by atoms with E-state index in [1.807, 2.05) is 0 Å². The van der Waals surface area contributed by atoms with Gasteiger partial charge < -0.3 is 14.7 Å². The highest BCUT2D eigenvalue weighted by Crippen LogP contribution is 2.43. The number of fused-ring (bicyclic) bond motifs is 1. The van der Waals surface area contributed by atoms with Crippen LogP contribution >= 0.6 is 0 Å². The van der Waals surface area contributed by atoms with Crippen LogP contribution in [0.15, 0.2) is 18.2 Å². The van der Waals surface area contributed by atoms with Gasteiger partial charge in [-0.15, -0.1) is 0 Å². The molecule has 0 radical (unpaired) electrons. The number of nitrogens with zero attached hydrogens (tertiary/aromatic N) is 1. The molecular formula is C16H19F2NO3. The molecule has 2 aliphatic rings. The fraction of sp³-hybridized carbons (Fsp3) is 0.562. The minimum Gasteiger partial charge on any atom is -0.393 e. The second-order valence-electron chi connectivity index (χ2n) is 6.06. The Morgan fingerprint density at radius 2 is 2.18 bits per heavy atom. The molecule has 1 aliphatic carbocycles. The van der Waals surface area contributed by atoms with Crippen LogP contribution in [0, 0.1) is 11.6 Å². The van der Waals surface area contributed by atoms with Crippen LogP contribution in [0.25, 0.3) is 0 Å². The average Bonchev–Trinajstić information content (AvgIpc) is 2.88. The Morgan fingerprint density at radius 1 is 1.41 bits per heavy atom. The molecule has 3 atom stereocenters. The van der Waals surface area contributed by atoms with Crippen LogP contribution in [0.2, 0.25) is 0 Å². The van der Waals surface area contributed by atoms with Crippen molar-refractivity contribution < 1.29 is 23.4 Å². The van der Waals surface area contributed by atoms with Gasteiger partial charge in [-0.25, -0.2) is 8.78 Å². The Hall–Kier alpha value is -1.53. The first-order valence-corrected chi connectivity index (χ1v) is 7.47. The number of hydrogen-bond acceptors (Lipinski definition) is 3. The minimum atomic E-state index is -1.13. The molecule has 2 fully saturated rings. The summed E-state index contributed by atoms with van der Waals surface area (Å²) >= 11 is 0. The van der Waals surface area contributed by atoms with Gasteiger partial charge >= 0.3 is 0 Å². The van der Waals surface area contributed by atoms with E-state index in [9.17, 15) is 18.7 Å². The molecule has 1 heterocycles. The third kappa shape index (κ3) is 2.30. The Bertz CT molecular complexity index is 595. The summed E-state index contributed by atoms with van der Waals surface area (Å²) in [6.45, 7) is 0.417. The maximum atomic E-state index is 13.9. The van der Waals surface area contributed by atoms with Crippen LogP contribution in [0.4, 0.5) is 8.78 Å². The summed E-state index contributed by atoms with van der Waals surface area (Å²) in [7, 11) is 1.60. The van der Waals surface area contributed by atoms with Crippen molar-refractivity contribution in [2.45, 2.75) is 43.4 Å². The van der Waals surface area contributed by atoms with E-state index in [1.165, 1.54) is 17.0 Å². The molecule has 0 unspecified atom stereocenters. The fourth-order valence-electron chi connectivity index (χ4n) is 3.74. The monoisotopic (exact) mass is 311 g/mol. The topological polar surface area (TPSA) is 49.8 Å². The Morgan fingerprint density at radius 3 is 2.91 bits per heavy atom. The number of carbonyl (C=O) groups excluding carboxylic acids is 1. The number of benzene rings is 1. The molecule has 1 saturated carbocycles. The lowest BCUT2D eigenvalue weighted by atomic mass is 9.79. The lowest BCUT2D eigenvalue weighted by molar-refractivity contribution is -0.0824. The van der Waals surface area contributed by atoms with E-state index >= 15 is 0 Å². The molecule has 3 rings (SSSR count). The summed E-state index contributed by atoms with van der Waals surface area (Å²) in [6, 6.07) is 3.28. The predicted octanol–water partition coefficient (Wildman–Crippen LogP) is 2.11. The Labute approximate surface area is 127 Å². The normalized spacial score (nSPS) is 31.2. The molecule has 1 N–H and O–H groups in total. The molecule has 0 bridgehead atoms. The van der Waals surface area contributed by atoms with Crippen LogP contribution in [0.5, 0.6) is 0 Å². The quantitative estimate of drug-likeness (QED) is 0.910. The second kappa shape index (κ2) is 5.59. The van der Waals surface area contributed by atoms with Gasteiger partial charge in [0.2, 0.25) is 0 Å². The molecule has 1 saturated heterocycles. The smallest absolute Gasteiger partial charge is 0.257 e. The van der Waals surface area contributed by atoms with Gasteiger partial charge in [0.15, 0.2) is 11.6 Å². The first-order valence-electron chi connectivity index (χ1n) is 7.47. The van der Waals surface area contributed by atoms with E-state index in [2.05, 4.69) is 0 Å². The zero-order valence-electron chi connectivity index (χ0n) is 12.4. The summed E-state index contributed by atoms with van der Waals surface area (Å²) in [5.74, 6) is -2.71. The van der Waals surface area contributed by atoms with E-state index in [4.69, 9.17) is 4.74 Å². The zero-order chi connectivity index (χ0) is 15.9. The predicted molar refractivity (Wildman–Crippen MR) is 75.4 cm³/mol. The van der Waals surface area contributed by atoms with Gasteiger partial charge in [0, 0.05) is 13.7 Å². The SMILES string of the molecule is CO[C@@]12CC[C@H](O)C[C@@H]1N(C(=O)c1cccc(F)c1F)CC2. The Kier molecular flexibility index (Phi) is 3.91. The van der Waals surface area contributed by atoms with Crippen molar-refractivity contribution in [1.29, 1.82) is 0 Å². The number of aliphatic hydroxyl groups excluding tert-OH is 1. The highest BCUT2D eigenvalue weighted by atomic mass is 19.2. The molecule has 1 aromatic carbocycles. The number of carbonyl (C=O) groups is 1. The lowest BCUT2D eigenvalue weighted by Crippen LogP contribution is -2.52. The maximum absolute atomic E-state index is 13.9. The van der Waals surface area contributed by atoms with E-state index in [0.717, 1.165) is 6.07 Å². The molecule has 1 aliphatic heterocycles. The van der Waals surface area contributed by atoms with Crippen molar-refractivity contribution >= 4 is 5.91 Å². The van der Waals surface area contributed by atoms with E-state index in [0.29, 0.717) is 32.2 Å². The fourth-order valence-corrected chi connectivity index (χ4v) is 3.74. The van der Waals surface area contributed by atoms with Gasteiger partial charge in [-0.2, -0.15) is 0 Å². The van der Waals surface area contributed by atoms with Crippen LogP contribution in [0.1, 0.15) is 36.0 Å². The number of aliphatic hydroxyl groups is 1. The molecule has 1 aromatic rings. The third-order valence-corrected chi connectivity index (χ3v) is 5.00. The van der Waals surface area contributed by atoms with E-state index < -0.39 is 29.2 Å². The lowest BCUT2D eigenvalue weighted by Gasteiger charge is -2.42. The summed E-state index contributed by atoms with van der Waals surface area (Å²) in [4.78, 5) is 14.1. The molecule has 4 nitrogen and oxygen atoms in total. The van der Waals surface area contributed by atoms with Gasteiger partial charge in [-0.05, 0) is 37.8 Å². The standard InChI is InChI=1S/C16H19F2NO3/c1-22-16-6-5-10(20)9-13(16)19(8-7-16)15(21)11-3-2-4-12(17)14(11)18/h2-4,10,13,20H,5-9H2,1H3/t10-,13-,16+/m0/s1. The van der Waals surface area contributed by atoms with Crippen LogP contribution < -0.4 is 0 Å². The van der Waals surface area contributed by atoms with Crippen LogP contribution in [0.3, 0.4) is 0 Å². The molecule has 0 aromatic heterocycles. The zero-order valence-corrected chi connectivity index (χ0v) is 12.4. The molecule has 0 spiro atoms. The minimum absolute atomic E-state index is 0.271. The van der Waals surface area contributed by atoms with Gasteiger partial charge in [0.05, 0.1) is 23.3 Å². The van der Waals surface area contributed by atoms with Crippen molar-refractivity contribution in [3.8, 4) is 0 Å². The second-order valence-corrected chi connectivity index (χ2v) is 6.06. The van der Waals surface area contributed by atoms with Gasteiger partial charge in [0.1, 0.15) is 0 Å². The van der Waals surface area contributed by atoms with Gasteiger partial charge in [-0.1, -0.05) is 6.07 Å². The van der Waals surface area contributed by atoms with Gasteiger partial charge in [0.25, 0.3) is 5.91 Å². The van der Waals surface area contributed by atoms with Crippen molar-refractivity contribution in [1.82, 2.24) is 4.90 Å². The number of likely N-dealkylation sites (tertiary alicyclic amines) is 1. The highest BCUT2D eigenvalue weighted by molar-refractivity contribution is 5.95. The number of halogens is 2. The van der Waals surface area contributed by atoms with Gasteiger partial charge in [-0.3, -0.25) is 4.79 Å². The molecule has 120 valence electrons. The maximum Gasteiger partial charge on any atom is 0.257 e. The number of hydrogen-bond donors (Lipinski definition) is 1. The number of rotatable bonds is 2. The van der Waals surface area contributed by atoms with E-state index in [-0.39, 0.29) is 11.6 Å². The highest BCUT2D eigenvalue weighted by Gasteiger charge is 2.52. The molecule has 6 heteroatoms. The van der Waals surface area contributed by atoms with Crippen LogP contribution in [-0.4, -0.2) is 47.3 Å². The van der Waals surface area contributed by atoms with Crippen molar-refractivity contribution in [3.63, 3.8) is 0 Å². The third-order valence-electron chi connectivity index (χ3n) is 5.00. The first kappa shape index (κ1) is 15.4. The summed E-state index contributed by atoms with van der Waals surface area (Å²) in [6.07, 6.45) is 1.82. The average molecular weight is 311 g/mol. The number of amides is 1. The largest absolute Gasteiger partial charge is 0.393 e. The number of methoxy groups -OCH3 is 1. The molecular weight excluding hydrogens is 292 g/mol. The number of ether oxygens (including phenoxy) is 1. The molecule has 1 amide bonds.